The van der Waals surface area contributed by atoms with Gasteiger partial charge in [-0.15, -0.1) is 0 Å². The van der Waals surface area contributed by atoms with Crippen molar-refractivity contribution >= 4 is 11.9 Å². The molecule has 1 atom stereocenters. The molecule has 5 aliphatic rings. The number of carbonyl (C=O) groups is 2. The number of aliphatic carboxylic acids is 1. The lowest BCUT2D eigenvalue weighted by Gasteiger charge is -2.30. The van der Waals surface area contributed by atoms with Crippen molar-refractivity contribution < 1.29 is 19.4 Å². The van der Waals surface area contributed by atoms with Gasteiger partial charge in [-0.25, -0.2) is 4.98 Å². The third-order valence-electron chi connectivity index (χ3n) is 7.35. The van der Waals surface area contributed by atoms with Crippen LogP contribution in [0, 0.1) is 6.92 Å². The highest BCUT2D eigenvalue weighted by atomic mass is 16.5. The largest absolute Gasteiger partial charge is 0.481 e. The molecule has 6 heteroatoms. The molecule has 0 fully saturated rings. The quantitative estimate of drug-likeness (QED) is 0.534. The second-order valence-corrected chi connectivity index (χ2v) is 9.89. The van der Waals surface area contributed by atoms with Crippen molar-refractivity contribution in [3.8, 4) is 5.88 Å². The Morgan fingerprint density at radius 3 is 2.67 bits per heavy atom. The number of ether oxygens (including phenoxy) is 1. The maximum Gasteiger partial charge on any atom is 0.304 e. The summed E-state index contributed by atoms with van der Waals surface area (Å²) in [5.74, 6) is -0.576. The summed E-state index contributed by atoms with van der Waals surface area (Å²) in [6.45, 7) is 3.81. The number of rotatable bonds is 2. The van der Waals surface area contributed by atoms with Gasteiger partial charge < -0.3 is 14.7 Å². The normalized spacial score (nSPS) is 18.1. The second kappa shape index (κ2) is 10.5. The van der Waals surface area contributed by atoms with E-state index >= 15 is 0 Å². The molecule has 0 aliphatic carbocycles. The summed E-state index contributed by atoms with van der Waals surface area (Å²) < 4.78 is 5.84. The first-order valence-electron chi connectivity index (χ1n) is 12.8. The maximum atomic E-state index is 13.5. The van der Waals surface area contributed by atoms with E-state index in [1.165, 1.54) is 11.1 Å². The molecule has 6 heterocycles. The Hall–Kier alpha value is -3.67. The molecule has 7 bridgehead atoms. The molecular formula is C30H32N2O4. The highest BCUT2D eigenvalue weighted by Crippen LogP contribution is 2.32. The van der Waals surface area contributed by atoms with Crippen molar-refractivity contribution in [2.75, 3.05) is 13.2 Å². The molecular weight excluding hydrogens is 452 g/mol. The smallest absolute Gasteiger partial charge is 0.304 e. The lowest BCUT2D eigenvalue weighted by molar-refractivity contribution is -0.137. The number of carboxylic acid groups (broad SMARTS) is 1. The second-order valence-electron chi connectivity index (χ2n) is 9.89. The van der Waals surface area contributed by atoms with Crippen LogP contribution in [0.2, 0.25) is 0 Å². The fourth-order valence-electron chi connectivity index (χ4n) is 5.33. The number of amides is 1. The van der Waals surface area contributed by atoms with Crippen molar-refractivity contribution in [1.29, 1.82) is 0 Å². The lowest BCUT2D eigenvalue weighted by Crippen LogP contribution is -2.36. The van der Waals surface area contributed by atoms with Gasteiger partial charge in [0.1, 0.15) is 0 Å². The van der Waals surface area contributed by atoms with Crippen LogP contribution in [0.25, 0.3) is 0 Å². The Balaban J connectivity index is 1.51. The van der Waals surface area contributed by atoms with Gasteiger partial charge in [0.15, 0.2) is 0 Å². The minimum atomic E-state index is -0.862. The summed E-state index contributed by atoms with van der Waals surface area (Å²) in [5.41, 5.74) is 7.08. The first kappa shape index (κ1) is 24.0. The van der Waals surface area contributed by atoms with Crippen LogP contribution in [0.15, 0.2) is 54.7 Å². The van der Waals surface area contributed by atoms with Crippen LogP contribution in [0.1, 0.15) is 75.3 Å². The van der Waals surface area contributed by atoms with Crippen molar-refractivity contribution in [2.45, 2.75) is 57.9 Å². The molecule has 6 nitrogen and oxygen atoms in total. The molecule has 1 amide bonds. The first-order chi connectivity index (χ1) is 17.5. The van der Waals surface area contributed by atoms with Gasteiger partial charge >= 0.3 is 5.97 Å². The molecule has 0 saturated heterocycles. The number of carbonyl (C=O) groups excluding carboxylic acids is 1. The van der Waals surface area contributed by atoms with Gasteiger partial charge in [0, 0.05) is 36.8 Å². The number of hydrogen-bond donors (Lipinski definition) is 1. The topological polar surface area (TPSA) is 79.7 Å². The number of nitrogens with zero attached hydrogens (tertiary/aromatic N) is 2. The average molecular weight is 485 g/mol. The third kappa shape index (κ3) is 5.27. The van der Waals surface area contributed by atoms with Gasteiger partial charge in [-0.05, 0) is 78.5 Å². The number of benzene rings is 2. The van der Waals surface area contributed by atoms with Crippen LogP contribution in [0.4, 0.5) is 0 Å². The predicted octanol–water partition coefficient (Wildman–Crippen LogP) is 5.30. The van der Waals surface area contributed by atoms with E-state index in [4.69, 9.17) is 4.74 Å². The van der Waals surface area contributed by atoms with Crippen LogP contribution >= 0.6 is 0 Å². The molecule has 1 aromatic heterocycles. The Kier molecular flexibility index (Phi) is 7.03. The molecule has 0 radical (unpaired) electrons. The number of pyridine rings is 1. The molecule has 8 rings (SSSR count). The highest BCUT2D eigenvalue weighted by Gasteiger charge is 2.25. The lowest BCUT2D eigenvalue weighted by atomic mass is 9.86. The fraction of sp³-hybridized carbons (Fsp3) is 0.367. The molecule has 36 heavy (non-hydrogen) atoms. The van der Waals surface area contributed by atoms with Gasteiger partial charge in [0.25, 0.3) is 5.91 Å². The summed E-state index contributed by atoms with van der Waals surface area (Å²) in [6.07, 6.45) is 6.50. The molecule has 2 aromatic carbocycles. The van der Waals surface area contributed by atoms with Crippen molar-refractivity contribution in [3.05, 3.63) is 93.7 Å². The zero-order valence-corrected chi connectivity index (χ0v) is 20.7. The van der Waals surface area contributed by atoms with E-state index in [0.717, 1.165) is 59.9 Å². The average Bonchev–Trinajstić information content (AvgIpc) is 2.88. The molecule has 186 valence electrons. The van der Waals surface area contributed by atoms with E-state index in [0.29, 0.717) is 25.6 Å². The van der Waals surface area contributed by atoms with Crippen molar-refractivity contribution in [3.63, 3.8) is 0 Å². The van der Waals surface area contributed by atoms with Crippen molar-refractivity contribution in [2.24, 2.45) is 0 Å². The van der Waals surface area contributed by atoms with E-state index in [1.54, 1.807) is 6.20 Å². The Morgan fingerprint density at radius 2 is 1.89 bits per heavy atom. The summed E-state index contributed by atoms with van der Waals surface area (Å²) >= 11 is 0. The SMILES string of the molecule is Cc1cc2ccc1C(=O)N1CCc3ccc(cc3C1)C(CC(=O)O)c1ccc(nc1)OCCCCC2. The van der Waals surface area contributed by atoms with Crippen LogP contribution in [0.3, 0.4) is 0 Å². The molecule has 3 aromatic rings. The van der Waals surface area contributed by atoms with Crippen LogP contribution < -0.4 is 4.74 Å². The minimum absolute atomic E-state index is 0.0329. The van der Waals surface area contributed by atoms with Gasteiger partial charge in [0.2, 0.25) is 5.88 Å². The summed E-state index contributed by atoms with van der Waals surface area (Å²) in [5, 5.41) is 9.64. The van der Waals surface area contributed by atoms with E-state index < -0.39 is 5.97 Å². The van der Waals surface area contributed by atoms with Gasteiger partial charge in [0.05, 0.1) is 13.0 Å². The predicted molar refractivity (Wildman–Crippen MR) is 137 cm³/mol. The number of aryl methyl sites for hydroxylation is 2. The standard InChI is InChI=1S/C30H32N2O4/c1-20-15-21-5-3-2-4-14-36-28-11-9-24(18-31-28)27(17-29(33)34)23-8-7-22-12-13-32(19-25(22)16-23)30(35)26(20)10-6-21/h6-11,15-16,18,27H,2-5,12-14,17,19H2,1H3,(H,33,34). The number of aromatic nitrogens is 1. The highest BCUT2D eigenvalue weighted by molar-refractivity contribution is 5.95. The van der Waals surface area contributed by atoms with Gasteiger partial charge in [-0.3, -0.25) is 9.59 Å². The zero-order valence-electron chi connectivity index (χ0n) is 20.7. The number of carboxylic acids is 1. The molecule has 0 spiro atoms. The van der Waals surface area contributed by atoms with Crippen LogP contribution in [0.5, 0.6) is 5.88 Å². The fourth-order valence-corrected chi connectivity index (χ4v) is 5.33. The van der Waals surface area contributed by atoms with Crippen LogP contribution in [-0.2, 0) is 24.2 Å². The molecule has 1 unspecified atom stereocenters. The van der Waals surface area contributed by atoms with Crippen molar-refractivity contribution in [1.82, 2.24) is 9.88 Å². The van der Waals surface area contributed by atoms with Gasteiger partial charge in [-0.1, -0.05) is 36.4 Å². The monoisotopic (exact) mass is 484 g/mol. The van der Waals surface area contributed by atoms with E-state index in [1.807, 2.05) is 36.1 Å². The van der Waals surface area contributed by atoms with Crippen LogP contribution in [-0.4, -0.2) is 40.0 Å². The van der Waals surface area contributed by atoms with E-state index in [-0.39, 0.29) is 18.2 Å². The minimum Gasteiger partial charge on any atom is -0.481 e. The summed E-state index contributed by atoms with van der Waals surface area (Å²) in [7, 11) is 0. The summed E-state index contributed by atoms with van der Waals surface area (Å²) in [4.78, 5) is 31.6. The third-order valence-corrected chi connectivity index (χ3v) is 7.35. The van der Waals surface area contributed by atoms with Gasteiger partial charge in [-0.2, -0.15) is 0 Å². The van der Waals surface area contributed by atoms with E-state index in [9.17, 15) is 14.7 Å². The first-order valence-corrected chi connectivity index (χ1v) is 12.8. The van der Waals surface area contributed by atoms with E-state index in [2.05, 4.69) is 29.2 Å². The Morgan fingerprint density at radius 1 is 1.03 bits per heavy atom. The summed E-state index contributed by atoms with van der Waals surface area (Å²) in [6, 6.07) is 16.1. The Bertz CT molecular complexity index is 1270. The molecule has 5 aliphatic heterocycles. The molecule has 0 saturated carbocycles. The Labute approximate surface area is 211 Å². The zero-order chi connectivity index (χ0) is 25.1. The maximum absolute atomic E-state index is 13.5. The molecule has 1 N–H and O–H groups in total. The number of hydrogen-bond acceptors (Lipinski definition) is 4.